The summed E-state index contributed by atoms with van der Waals surface area (Å²) in [6, 6.07) is 5.16. The number of hydrogen-bond acceptors (Lipinski definition) is 4. The fourth-order valence-electron chi connectivity index (χ4n) is 1.78. The Morgan fingerprint density at radius 1 is 1.45 bits per heavy atom. The van der Waals surface area contributed by atoms with E-state index in [2.05, 4.69) is 10.4 Å². The number of anilines is 2. The highest BCUT2D eigenvalue weighted by molar-refractivity contribution is 6.06. The zero-order valence-electron chi connectivity index (χ0n) is 11.8. The summed E-state index contributed by atoms with van der Waals surface area (Å²) in [6.07, 6.45) is 3.40. The summed E-state index contributed by atoms with van der Waals surface area (Å²) in [7, 11) is 1.50. The number of ether oxygens (including phenoxy) is 1. The van der Waals surface area contributed by atoms with Crippen molar-refractivity contribution >= 4 is 17.3 Å². The lowest BCUT2D eigenvalue weighted by molar-refractivity contribution is 0.102. The second-order valence-corrected chi connectivity index (χ2v) is 4.72. The van der Waals surface area contributed by atoms with Crippen LogP contribution in [-0.2, 0) is 0 Å². The molecule has 1 amide bonds. The largest absolute Gasteiger partial charge is 0.496 e. The Balaban J connectivity index is 2.19. The van der Waals surface area contributed by atoms with Crippen LogP contribution < -0.4 is 15.8 Å². The Morgan fingerprint density at radius 3 is 2.80 bits per heavy atom. The fourth-order valence-corrected chi connectivity index (χ4v) is 1.78. The number of rotatable bonds is 4. The molecular formula is C14H18N4O2. The number of methoxy groups -OCH3 is 1. The molecule has 0 aliphatic heterocycles. The first-order valence-electron chi connectivity index (χ1n) is 6.30. The highest BCUT2D eigenvalue weighted by atomic mass is 16.5. The molecule has 20 heavy (non-hydrogen) atoms. The van der Waals surface area contributed by atoms with Crippen molar-refractivity contribution in [3.63, 3.8) is 0 Å². The van der Waals surface area contributed by atoms with Crippen molar-refractivity contribution in [2.24, 2.45) is 0 Å². The SMILES string of the molecule is COc1cc(N)ccc1C(=O)Nc1cnn(C(C)C)c1. The van der Waals surface area contributed by atoms with Crippen molar-refractivity contribution in [1.82, 2.24) is 9.78 Å². The number of aromatic nitrogens is 2. The summed E-state index contributed by atoms with van der Waals surface area (Å²) in [5.74, 6) is 0.184. The van der Waals surface area contributed by atoms with Crippen LogP contribution in [0.25, 0.3) is 0 Å². The van der Waals surface area contributed by atoms with Crippen LogP contribution in [0.2, 0.25) is 0 Å². The van der Waals surface area contributed by atoms with E-state index < -0.39 is 0 Å². The van der Waals surface area contributed by atoms with E-state index in [1.807, 2.05) is 13.8 Å². The van der Waals surface area contributed by atoms with E-state index in [1.54, 1.807) is 35.3 Å². The first-order valence-corrected chi connectivity index (χ1v) is 6.30. The molecule has 0 bridgehead atoms. The minimum Gasteiger partial charge on any atom is -0.496 e. The van der Waals surface area contributed by atoms with Gasteiger partial charge in [-0.05, 0) is 26.0 Å². The quantitative estimate of drug-likeness (QED) is 0.838. The second-order valence-electron chi connectivity index (χ2n) is 4.72. The number of nitrogens with two attached hydrogens (primary N) is 1. The van der Waals surface area contributed by atoms with Gasteiger partial charge in [0.05, 0.1) is 24.6 Å². The monoisotopic (exact) mass is 274 g/mol. The second kappa shape index (κ2) is 5.64. The topological polar surface area (TPSA) is 82.2 Å². The van der Waals surface area contributed by atoms with Gasteiger partial charge in [-0.3, -0.25) is 9.48 Å². The lowest BCUT2D eigenvalue weighted by Crippen LogP contribution is -2.13. The van der Waals surface area contributed by atoms with Gasteiger partial charge in [-0.25, -0.2) is 0 Å². The summed E-state index contributed by atoms with van der Waals surface area (Å²) in [5, 5.41) is 6.95. The van der Waals surface area contributed by atoms with Crippen LogP contribution in [0.1, 0.15) is 30.2 Å². The standard InChI is InChI=1S/C14H18N4O2/c1-9(2)18-8-11(7-16-18)17-14(19)12-5-4-10(15)6-13(12)20-3/h4-9H,15H2,1-3H3,(H,17,19). The van der Waals surface area contributed by atoms with Gasteiger partial charge in [0.2, 0.25) is 0 Å². The first-order chi connectivity index (χ1) is 9.51. The average molecular weight is 274 g/mol. The number of amides is 1. The summed E-state index contributed by atoms with van der Waals surface area (Å²) in [5.41, 5.74) is 7.29. The van der Waals surface area contributed by atoms with Gasteiger partial charge in [0, 0.05) is 24.0 Å². The summed E-state index contributed by atoms with van der Waals surface area (Å²) in [6.45, 7) is 4.03. The molecule has 3 N–H and O–H groups in total. The third-order valence-corrected chi connectivity index (χ3v) is 2.86. The number of nitrogens with zero attached hydrogens (tertiary/aromatic N) is 2. The molecule has 0 aliphatic rings. The van der Waals surface area contributed by atoms with Gasteiger partial charge in [-0.2, -0.15) is 5.10 Å². The maximum Gasteiger partial charge on any atom is 0.259 e. The van der Waals surface area contributed by atoms with Gasteiger partial charge in [-0.1, -0.05) is 0 Å². The van der Waals surface area contributed by atoms with Crippen LogP contribution in [0, 0.1) is 0 Å². The average Bonchev–Trinajstić information content (AvgIpc) is 2.87. The molecule has 1 aromatic heterocycles. The van der Waals surface area contributed by atoms with E-state index in [1.165, 1.54) is 7.11 Å². The fraction of sp³-hybridized carbons (Fsp3) is 0.286. The van der Waals surface area contributed by atoms with Crippen LogP contribution in [-0.4, -0.2) is 22.8 Å². The lowest BCUT2D eigenvalue weighted by atomic mass is 10.1. The summed E-state index contributed by atoms with van der Waals surface area (Å²) >= 11 is 0. The van der Waals surface area contributed by atoms with Gasteiger partial charge in [-0.15, -0.1) is 0 Å². The highest BCUT2D eigenvalue weighted by Crippen LogP contribution is 2.22. The van der Waals surface area contributed by atoms with Gasteiger partial charge < -0.3 is 15.8 Å². The Labute approximate surface area is 117 Å². The summed E-state index contributed by atoms with van der Waals surface area (Å²) in [4.78, 5) is 12.2. The number of carbonyl (C=O) groups excluding carboxylic acids is 1. The first kappa shape index (κ1) is 13.9. The molecule has 6 nitrogen and oxygen atoms in total. The predicted octanol–water partition coefficient (Wildman–Crippen LogP) is 2.31. The molecule has 1 aromatic carbocycles. The van der Waals surface area contributed by atoms with Gasteiger partial charge in [0.1, 0.15) is 5.75 Å². The molecule has 0 unspecified atom stereocenters. The molecule has 0 saturated heterocycles. The van der Waals surface area contributed by atoms with E-state index in [0.717, 1.165) is 0 Å². The minimum absolute atomic E-state index is 0.242. The van der Waals surface area contributed by atoms with Gasteiger partial charge in [0.15, 0.2) is 0 Å². The summed E-state index contributed by atoms with van der Waals surface area (Å²) < 4.78 is 6.94. The van der Waals surface area contributed by atoms with E-state index in [-0.39, 0.29) is 11.9 Å². The molecule has 0 radical (unpaired) electrons. The Bertz CT molecular complexity index is 619. The normalized spacial score (nSPS) is 10.6. The van der Waals surface area contributed by atoms with Crippen LogP contribution >= 0.6 is 0 Å². The minimum atomic E-state index is -0.259. The highest BCUT2D eigenvalue weighted by Gasteiger charge is 2.13. The molecule has 0 atom stereocenters. The van der Waals surface area contributed by atoms with Crippen LogP contribution in [0.5, 0.6) is 5.75 Å². The number of benzene rings is 1. The molecule has 6 heteroatoms. The van der Waals surface area contributed by atoms with Crippen molar-refractivity contribution in [3.8, 4) is 5.75 Å². The van der Waals surface area contributed by atoms with Crippen molar-refractivity contribution in [1.29, 1.82) is 0 Å². The Hall–Kier alpha value is -2.50. The van der Waals surface area contributed by atoms with Crippen LogP contribution in [0.15, 0.2) is 30.6 Å². The molecule has 2 aromatic rings. The molecule has 0 fully saturated rings. The van der Waals surface area contributed by atoms with E-state index >= 15 is 0 Å². The van der Waals surface area contributed by atoms with Crippen molar-refractivity contribution in [2.45, 2.75) is 19.9 Å². The van der Waals surface area contributed by atoms with E-state index in [0.29, 0.717) is 22.7 Å². The number of carbonyl (C=O) groups is 1. The molecule has 106 valence electrons. The van der Waals surface area contributed by atoms with Crippen LogP contribution in [0.4, 0.5) is 11.4 Å². The van der Waals surface area contributed by atoms with E-state index in [9.17, 15) is 4.79 Å². The lowest BCUT2D eigenvalue weighted by Gasteiger charge is -2.09. The molecule has 0 saturated carbocycles. The van der Waals surface area contributed by atoms with E-state index in [4.69, 9.17) is 10.5 Å². The van der Waals surface area contributed by atoms with Crippen molar-refractivity contribution < 1.29 is 9.53 Å². The predicted molar refractivity (Wildman–Crippen MR) is 78.0 cm³/mol. The third kappa shape index (κ3) is 2.90. The smallest absolute Gasteiger partial charge is 0.259 e. The Kier molecular flexibility index (Phi) is 3.93. The third-order valence-electron chi connectivity index (χ3n) is 2.86. The molecular weight excluding hydrogens is 256 g/mol. The zero-order chi connectivity index (χ0) is 14.7. The van der Waals surface area contributed by atoms with Crippen molar-refractivity contribution in [3.05, 3.63) is 36.2 Å². The molecule has 2 rings (SSSR count). The zero-order valence-corrected chi connectivity index (χ0v) is 11.8. The molecule has 1 heterocycles. The molecule has 0 spiro atoms. The number of hydrogen-bond donors (Lipinski definition) is 2. The maximum absolute atomic E-state index is 12.2. The maximum atomic E-state index is 12.2. The van der Waals surface area contributed by atoms with Gasteiger partial charge >= 0.3 is 0 Å². The number of nitrogen functional groups attached to an aromatic ring is 1. The Morgan fingerprint density at radius 2 is 2.20 bits per heavy atom. The van der Waals surface area contributed by atoms with Crippen LogP contribution in [0.3, 0.4) is 0 Å². The van der Waals surface area contributed by atoms with Gasteiger partial charge in [0.25, 0.3) is 5.91 Å². The van der Waals surface area contributed by atoms with Crippen molar-refractivity contribution in [2.75, 3.05) is 18.2 Å². The molecule has 0 aliphatic carbocycles. The number of nitrogens with one attached hydrogen (secondary N) is 1.